The highest BCUT2D eigenvalue weighted by molar-refractivity contribution is 7.09. The molecule has 3 N–H and O–H groups in total. The van der Waals surface area contributed by atoms with Gasteiger partial charge in [0.05, 0.1) is 16.2 Å². The van der Waals surface area contributed by atoms with Crippen molar-refractivity contribution in [2.24, 2.45) is 5.84 Å². The van der Waals surface area contributed by atoms with Gasteiger partial charge in [0.1, 0.15) is 0 Å². The molecule has 1 unspecified atom stereocenters. The Morgan fingerprint density at radius 1 is 1.44 bits per heavy atom. The normalized spacial score (nSPS) is 12.9. The number of rotatable bonds is 5. The smallest absolute Gasteiger partial charge is 0.0897 e. The zero-order chi connectivity index (χ0) is 11.4. The number of nitrogens with two attached hydrogens (primary N) is 1. The summed E-state index contributed by atoms with van der Waals surface area (Å²) in [6.45, 7) is 2.02. The van der Waals surface area contributed by atoms with Crippen molar-refractivity contribution in [3.05, 3.63) is 32.7 Å². The summed E-state index contributed by atoms with van der Waals surface area (Å²) in [6, 6.07) is 0.224. The van der Waals surface area contributed by atoms with E-state index in [1.807, 2.05) is 18.6 Å². The summed E-state index contributed by atoms with van der Waals surface area (Å²) in [5.74, 6) is 5.55. The molecule has 16 heavy (non-hydrogen) atoms. The lowest BCUT2D eigenvalue weighted by atomic mass is 10.1. The highest BCUT2D eigenvalue weighted by Gasteiger charge is 2.11. The summed E-state index contributed by atoms with van der Waals surface area (Å²) in [6.07, 6.45) is 3.65. The summed E-state index contributed by atoms with van der Waals surface area (Å²) in [7, 11) is 0. The zero-order valence-electron chi connectivity index (χ0n) is 9.01. The molecule has 0 saturated heterocycles. The maximum Gasteiger partial charge on any atom is 0.0897 e. The van der Waals surface area contributed by atoms with Crippen LogP contribution in [0.15, 0.2) is 17.1 Å². The molecule has 0 spiro atoms. The third kappa shape index (κ3) is 3.08. The van der Waals surface area contributed by atoms with Gasteiger partial charge < -0.3 is 0 Å². The van der Waals surface area contributed by atoms with E-state index in [0.29, 0.717) is 0 Å². The first-order valence-corrected chi connectivity index (χ1v) is 6.78. The SMILES string of the molecule is Cc1nc(CC(Cc2cncs2)NN)cs1. The summed E-state index contributed by atoms with van der Waals surface area (Å²) in [5.41, 5.74) is 5.79. The summed E-state index contributed by atoms with van der Waals surface area (Å²) in [5, 5.41) is 3.19. The fourth-order valence-corrected chi connectivity index (χ4v) is 2.83. The second-order valence-electron chi connectivity index (χ2n) is 3.60. The Kier molecular flexibility index (Phi) is 4.00. The maximum absolute atomic E-state index is 5.55. The quantitative estimate of drug-likeness (QED) is 0.627. The predicted molar refractivity (Wildman–Crippen MR) is 67.5 cm³/mol. The second kappa shape index (κ2) is 5.49. The standard InChI is InChI=1S/C10H14N4S2/c1-7-13-9(5-15-7)2-8(14-11)3-10-4-12-6-16-10/h4-6,8,14H,2-3,11H2,1H3. The third-order valence-electron chi connectivity index (χ3n) is 2.29. The van der Waals surface area contributed by atoms with E-state index in [1.54, 1.807) is 22.7 Å². The number of nitrogens with one attached hydrogen (secondary N) is 1. The van der Waals surface area contributed by atoms with E-state index in [4.69, 9.17) is 5.84 Å². The number of thiazole rings is 2. The lowest BCUT2D eigenvalue weighted by Crippen LogP contribution is -2.38. The van der Waals surface area contributed by atoms with Gasteiger partial charge in [0.25, 0.3) is 0 Å². The van der Waals surface area contributed by atoms with Gasteiger partial charge in [0.2, 0.25) is 0 Å². The van der Waals surface area contributed by atoms with E-state index < -0.39 is 0 Å². The third-order valence-corrected chi connectivity index (χ3v) is 3.91. The highest BCUT2D eigenvalue weighted by Crippen LogP contribution is 2.13. The van der Waals surface area contributed by atoms with E-state index in [0.717, 1.165) is 23.5 Å². The molecule has 6 heteroatoms. The van der Waals surface area contributed by atoms with Crippen LogP contribution in [-0.2, 0) is 12.8 Å². The molecule has 1 atom stereocenters. The van der Waals surface area contributed by atoms with Crippen molar-refractivity contribution >= 4 is 22.7 Å². The summed E-state index contributed by atoms with van der Waals surface area (Å²) in [4.78, 5) is 9.74. The zero-order valence-corrected chi connectivity index (χ0v) is 10.6. The molecule has 86 valence electrons. The van der Waals surface area contributed by atoms with Crippen molar-refractivity contribution in [3.8, 4) is 0 Å². The van der Waals surface area contributed by atoms with Gasteiger partial charge in [-0.3, -0.25) is 16.3 Å². The molecule has 2 heterocycles. The second-order valence-corrected chi connectivity index (χ2v) is 5.63. The maximum atomic E-state index is 5.55. The molecule has 2 rings (SSSR count). The predicted octanol–water partition coefficient (Wildman–Crippen LogP) is 1.53. The van der Waals surface area contributed by atoms with Crippen molar-refractivity contribution < 1.29 is 0 Å². The minimum atomic E-state index is 0.224. The van der Waals surface area contributed by atoms with Crippen LogP contribution >= 0.6 is 22.7 Å². The molecule has 0 bridgehead atoms. The molecule has 0 aliphatic carbocycles. The van der Waals surface area contributed by atoms with Crippen LogP contribution in [0, 0.1) is 6.92 Å². The van der Waals surface area contributed by atoms with Crippen LogP contribution in [-0.4, -0.2) is 16.0 Å². The van der Waals surface area contributed by atoms with Gasteiger partial charge in [-0.2, -0.15) is 0 Å². The molecule has 4 nitrogen and oxygen atoms in total. The fraction of sp³-hybridized carbons (Fsp3) is 0.400. The van der Waals surface area contributed by atoms with Crippen LogP contribution in [0.5, 0.6) is 0 Å². The van der Waals surface area contributed by atoms with Gasteiger partial charge in [-0.1, -0.05) is 0 Å². The molecular weight excluding hydrogens is 240 g/mol. The van der Waals surface area contributed by atoms with E-state index in [-0.39, 0.29) is 6.04 Å². The molecule has 0 aliphatic rings. The minimum Gasteiger partial charge on any atom is -0.271 e. The molecular formula is C10H14N4S2. The van der Waals surface area contributed by atoms with Gasteiger partial charge in [0.15, 0.2) is 0 Å². The van der Waals surface area contributed by atoms with E-state index in [9.17, 15) is 0 Å². The molecule has 0 aromatic carbocycles. The van der Waals surface area contributed by atoms with Gasteiger partial charge in [-0.25, -0.2) is 4.98 Å². The summed E-state index contributed by atoms with van der Waals surface area (Å²) >= 11 is 3.33. The van der Waals surface area contributed by atoms with Gasteiger partial charge in [-0.15, -0.1) is 22.7 Å². The number of aryl methyl sites for hydroxylation is 1. The fourth-order valence-electron chi connectivity index (χ4n) is 1.53. The van der Waals surface area contributed by atoms with Gasteiger partial charge in [0, 0.05) is 35.3 Å². The molecule has 2 aromatic heterocycles. The van der Waals surface area contributed by atoms with Crippen molar-refractivity contribution in [3.63, 3.8) is 0 Å². The van der Waals surface area contributed by atoms with Crippen molar-refractivity contribution in [1.29, 1.82) is 0 Å². The van der Waals surface area contributed by atoms with E-state index in [1.165, 1.54) is 4.88 Å². The Labute approximate surface area is 103 Å². The van der Waals surface area contributed by atoms with Crippen LogP contribution in [0.3, 0.4) is 0 Å². The number of hydrogen-bond donors (Lipinski definition) is 2. The Hall–Kier alpha value is -0.820. The van der Waals surface area contributed by atoms with Crippen molar-refractivity contribution in [2.45, 2.75) is 25.8 Å². The highest BCUT2D eigenvalue weighted by atomic mass is 32.1. The average molecular weight is 254 g/mol. The number of hydrogen-bond acceptors (Lipinski definition) is 6. The van der Waals surface area contributed by atoms with Crippen molar-refractivity contribution in [2.75, 3.05) is 0 Å². The topological polar surface area (TPSA) is 63.8 Å². The largest absolute Gasteiger partial charge is 0.271 e. The van der Waals surface area contributed by atoms with Crippen LogP contribution in [0.4, 0.5) is 0 Å². The Balaban J connectivity index is 1.95. The average Bonchev–Trinajstić information content (AvgIpc) is 2.89. The minimum absolute atomic E-state index is 0.224. The van der Waals surface area contributed by atoms with Gasteiger partial charge >= 0.3 is 0 Å². The van der Waals surface area contributed by atoms with Crippen LogP contribution < -0.4 is 11.3 Å². The van der Waals surface area contributed by atoms with Crippen LogP contribution in [0.25, 0.3) is 0 Å². The molecule has 0 amide bonds. The lowest BCUT2D eigenvalue weighted by Gasteiger charge is -2.12. The Morgan fingerprint density at radius 3 is 2.88 bits per heavy atom. The number of nitrogens with zero attached hydrogens (tertiary/aromatic N) is 2. The Morgan fingerprint density at radius 2 is 2.31 bits per heavy atom. The van der Waals surface area contributed by atoms with Crippen LogP contribution in [0.1, 0.15) is 15.6 Å². The molecule has 2 aromatic rings. The molecule has 0 radical (unpaired) electrons. The first kappa shape index (κ1) is 11.7. The molecule has 0 fully saturated rings. The van der Waals surface area contributed by atoms with Crippen LogP contribution in [0.2, 0.25) is 0 Å². The van der Waals surface area contributed by atoms with E-state index >= 15 is 0 Å². The Bertz CT molecular complexity index is 424. The first-order chi connectivity index (χ1) is 7.78. The molecule has 0 saturated carbocycles. The molecule has 0 aliphatic heterocycles. The van der Waals surface area contributed by atoms with E-state index in [2.05, 4.69) is 20.8 Å². The summed E-state index contributed by atoms with van der Waals surface area (Å²) < 4.78 is 0. The first-order valence-electron chi connectivity index (χ1n) is 5.02. The lowest BCUT2D eigenvalue weighted by molar-refractivity contribution is 0.521. The number of aromatic nitrogens is 2. The monoisotopic (exact) mass is 254 g/mol. The number of hydrazine groups is 1. The van der Waals surface area contributed by atoms with Gasteiger partial charge in [-0.05, 0) is 6.92 Å². The van der Waals surface area contributed by atoms with Crippen molar-refractivity contribution in [1.82, 2.24) is 15.4 Å².